The van der Waals surface area contributed by atoms with Gasteiger partial charge in [-0.25, -0.2) is 0 Å². The molecule has 0 aliphatic rings. The van der Waals surface area contributed by atoms with Gasteiger partial charge in [0, 0.05) is 44.2 Å². The number of hydrogen-bond acceptors (Lipinski definition) is 2. The van der Waals surface area contributed by atoms with Gasteiger partial charge in [-0.15, -0.1) is 0 Å². The second-order valence-corrected chi connectivity index (χ2v) is 14.1. The van der Waals surface area contributed by atoms with E-state index in [1.54, 1.807) is 0 Å². The number of benzene rings is 9. The number of para-hydroxylation sites is 4. The van der Waals surface area contributed by atoms with Crippen LogP contribution in [0.2, 0.25) is 0 Å². The van der Waals surface area contributed by atoms with Crippen LogP contribution in [0.1, 0.15) is 0 Å². The van der Waals surface area contributed by atoms with Crippen molar-refractivity contribution in [2.24, 2.45) is 0 Å². The Morgan fingerprint density at radius 1 is 0.382 bits per heavy atom. The summed E-state index contributed by atoms with van der Waals surface area (Å²) in [6.45, 7) is 0. The van der Waals surface area contributed by atoms with E-state index in [1.807, 2.05) is 12.1 Å². The van der Waals surface area contributed by atoms with E-state index in [9.17, 15) is 0 Å². The lowest BCUT2D eigenvalue weighted by Gasteiger charge is -2.28. The zero-order chi connectivity index (χ0) is 36.3. The van der Waals surface area contributed by atoms with E-state index in [-0.39, 0.29) is 0 Å². The van der Waals surface area contributed by atoms with Crippen LogP contribution < -0.4 is 4.90 Å². The minimum Gasteiger partial charge on any atom is -0.456 e. The van der Waals surface area contributed by atoms with Crippen molar-refractivity contribution < 1.29 is 4.42 Å². The number of furan rings is 1. The van der Waals surface area contributed by atoms with Gasteiger partial charge in [0.05, 0.1) is 16.7 Å². The van der Waals surface area contributed by atoms with Crippen LogP contribution in [0.25, 0.3) is 82.5 Å². The molecule has 0 spiro atoms. The van der Waals surface area contributed by atoms with Gasteiger partial charge in [0.2, 0.25) is 0 Å². The van der Waals surface area contributed by atoms with Crippen LogP contribution >= 0.6 is 0 Å². The topological polar surface area (TPSA) is 21.3 Å². The average Bonchev–Trinajstić information content (AvgIpc) is 3.80. The van der Waals surface area contributed by atoms with Crippen LogP contribution in [0.5, 0.6) is 0 Å². The van der Waals surface area contributed by atoms with Gasteiger partial charge in [-0.3, -0.25) is 0 Å². The fraction of sp³-hybridized carbons (Fsp3) is 0. The summed E-state index contributed by atoms with van der Waals surface area (Å²) in [7, 11) is 0. The van der Waals surface area contributed by atoms with Crippen molar-refractivity contribution in [1.82, 2.24) is 4.57 Å². The molecule has 0 aliphatic heterocycles. The van der Waals surface area contributed by atoms with E-state index in [0.29, 0.717) is 0 Å². The van der Waals surface area contributed by atoms with Gasteiger partial charge in [-0.1, -0.05) is 133 Å². The molecule has 0 aliphatic carbocycles. The Balaban J connectivity index is 1.04. The van der Waals surface area contributed by atoms with Gasteiger partial charge in [-0.05, 0) is 100 Å². The van der Waals surface area contributed by atoms with Gasteiger partial charge < -0.3 is 13.9 Å². The second-order valence-electron chi connectivity index (χ2n) is 14.1. The van der Waals surface area contributed by atoms with Crippen LogP contribution in [0, 0.1) is 0 Å². The van der Waals surface area contributed by atoms with E-state index in [0.717, 1.165) is 39.0 Å². The van der Waals surface area contributed by atoms with Crippen LogP contribution in [-0.4, -0.2) is 4.57 Å². The van der Waals surface area contributed by atoms with Gasteiger partial charge in [-0.2, -0.15) is 0 Å². The van der Waals surface area contributed by atoms with E-state index in [2.05, 4.69) is 204 Å². The first-order valence-corrected chi connectivity index (χ1v) is 18.8. The molecule has 0 bridgehead atoms. The Morgan fingerprint density at radius 3 is 1.91 bits per heavy atom. The Labute approximate surface area is 318 Å². The quantitative estimate of drug-likeness (QED) is 0.172. The Morgan fingerprint density at radius 2 is 1.05 bits per heavy atom. The van der Waals surface area contributed by atoms with Crippen molar-refractivity contribution in [3.8, 4) is 27.9 Å². The molecule has 2 aromatic heterocycles. The molecule has 55 heavy (non-hydrogen) atoms. The molecule has 0 atom stereocenters. The van der Waals surface area contributed by atoms with E-state index in [4.69, 9.17) is 4.42 Å². The minimum atomic E-state index is 0.884. The monoisotopic (exact) mass is 702 g/mol. The van der Waals surface area contributed by atoms with Crippen molar-refractivity contribution in [2.45, 2.75) is 0 Å². The highest BCUT2D eigenvalue weighted by Crippen LogP contribution is 2.44. The summed E-state index contributed by atoms with van der Waals surface area (Å²) in [5.74, 6) is 0. The molecule has 3 heteroatoms. The average molecular weight is 703 g/mol. The molecular weight excluding hydrogens is 669 g/mol. The van der Waals surface area contributed by atoms with Gasteiger partial charge in [0.25, 0.3) is 0 Å². The zero-order valence-electron chi connectivity index (χ0n) is 29.9. The number of aromatic nitrogens is 1. The maximum Gasteiger partial charge on any atom is 0.135 e. The first-order valence-electron chi connectivity index (χ1n) is 18.8. The molecule has 0 radical (unpaired) electrons. The molecule has 258 valence electrons. The van der Waals surface area contributed by atoms with Crippen LogP contribution in [0.4, 0.5) is 17.1 Å². The third kappa shape index (κ3) is 5.13. The smallest absolute Gasteiger partial charge is 0.135 e. The van der Waals surface area contributed by atoms with E-state index >= 15 is 0 Å². The van der Waals surface area contributed by atoms with Crippen molar-refractivity contribution in [1.29, 1.82) is 0 Å². The van der Waals surface area contributed by atoms with Crippen molar-refractivity contribution in [3.63, 3.8) is 0 Å². The summed E-state index contributed by atoms with van der Waals surface area (Å²) >= 11 is 0. The number of nitrogens with zero attached hydrogens (tertiary/aromatic N) is 2. The van der Waals surface area contributed by atoms with Crippen molar-refractivity contribution in [2.75, 3.05) is 4.90 Å². The highest BCUT2D eigenvalue weighted by atomic mass is 16.3. The normalized spacial score (nSPS) is 11.6. The minimum absolute atomic E-state index is 0.884. The first-order chi connectivity index (χ1) is 27.3. The number of fused-ring (bicyclic) bond motifs is 8. The highest BCUT2D eigenvalue weighted by Gasteiger charge is 2.20. The van der Waals surface area contributed by atoms with E-state index in [1.165, 1.54) is 60.5 Å². The maximum atomic E-state index is 6.23. The molecule has 0 saturated heterocycles. The predicted molar refractivity (Wildman–Crippen MR) is 231 cm³/mol. The Hall–Kier alpha value is -7.36. The predicted octanol–water partition coefficient (Wildman–Crippen LogP) is 14.6. The van der Waals surface area contributed by atoms with Crippen LogP contribution in [-0.2, 0) is 0 Å². The van der Waals surface area contributed by atoms with E-state index < -0.39 is 0 Å². The fourth-order valence-corrected chi connectivity index (χ4v) is 8.45. The lowest BCUT2D eigenvalue weighted by atomic mass is 9.98. The molecule has 2 heterocycles. The molecule has 0 amide bonds. The summed E-state index contributed by atoms with van der Waals surface area (Å²) in [5.41, 5.74) is 13.3. The lowest BCUT2D eigenvalue weighted by Crippen LogP contribution is -2.11. The Bertz CT molecular complexity index is 3190. The molecule has 0 unspecified atom stereocenters. The van der Waals surface area contributed by atoms with Gasteiger partial charge in [0.15, 0.2) is 0 Å². The molecule has 11 aromatic rings. The number of anilines is 3. The zero-order valence-corrected chi connectivity index (χ0v) is 29.9. The molecule has 0 fully saturated rings. The molecule has 11 rings (SSSR count). The number of hydrogen-bond donors (Lipinski definition) is 0. The van der Waals surface area contributed by atoms with Crippen LogP contribution in [0.15, 0.2) is 211 Å². The molecule has 0 saturated carbocycles. The van der Waals surface area contributed by atoms with Crippen LogP contribution in [0.3, 0.4) is 0 Å². The summed E-state index contributed by atoms with van der Waals surface area (Å²) < 4.78 is 8.61. The fourth-order valence-electron chi connectivity index (χ4n) is 8.45. The van der Waals surface area contributed by atoms with Crippen molar-refractivity contribution in [3.05, 3.63) is 206 Å². The molecule has 9 aromatic carbocycles. The largest absolute Gasteiger partial charge is 0.456 e. The summed E-state index contributed by atoms with van der Waals surface area (Å²) in [6, 6.07) is 73.9. The van der Waals surface area contributed by atoms with Gasteiger partial charge >= 0.3 is 0 Å². The molecular formula is C52H34N2O. The van der Waals surface area contributed by atoms with Crippen molar-refractivity contribution >= 4 is 71.6 Å². The third-order valence-corrected chi connectivity index (χ3v) is 11.0. The standard InChI is InChI=1S/C52H34N2O/c1-3-13-36(14-4-1)42-17-7-10-20-47(42)53(41-29-32-51-46(34-41)44-18-9-12-22-50(44)55-51)40-27-23-35(24-28-40)37-25-30-43-38(33-37)26-31-49-52(43)45-19-8-11-21-48(45)54(49)39-15-5-2-6-16-39/h1-34H. The maximum absolute atomic E-state index is 6.23. The summed E-state index contributed by atoms with van der Waals surface area (Å²) in [4.78, 5) is 2.37. The summed E-state index contributed by atoms with van der Waals surface area (Å²) in [6.07, 6.45) is 0. The first kappa shape index (κ1) is 31.2. The highest BCUT2D eigenvalue weighted by molar-refractivity contribution is 6.21. The molecule has 0 N–H and O–H groups in total. The molecule has 3 nitrogen and oxygen atoms in total. The summed E-state index contributed by atoms with van der Waals surface area (Å²) in [5, 5.41) is 7.25. The number of rotatable bonds is 6. The lowest BCUT2D eigenvalue weighted by molar-refractivity contribution is 0.669. The second kappa shape index (κ2) is 12.6. The van der Waals surface area contributed by atoms with Gasteiger partial charge in [0.1, 0.15) is 11.2 Å². The SMILES string of the molecule is c1ccc(-c2ccccc2N(c2ccc(-c3ccc4c(ccc5c4c4ccccc4n5-c4ccccc4)c3)cc2)c2ccc3oc4ccccc4c3c2)cc1. The Kier molecular flexibility index (Phi) is 7.17. The third-order valence-electron chi connectivity index (χ3n) is 11.0.